The molecule has 0 atom stereocenters. The number of aromatic nitrogens is 3. The third kappa shape index (κ3) is 5.13. The van der Waals surface area contributed by atoms with Crippen LogP contribution in [0.25, 0.3) is 5.69 Å². The Balaban J connectivity index is 1.61. The van der Waals surface area contributed by atoms with Gasteiger partial charge in [-0.05, 0) is 32.4 Å². The molecule has 156 valence electrons. The number of hydrogen-bond acceptors (Lipinski definition) is 5. The van der Waals surface area contributed by atoms with E-state index in [4.69, 9.17) is 11.6 Å². The molecule has 1 aromatic carbocycles. The maximum atomic E-state index is 12.9. The highest BCUT2D eigenvalue weighted by Crippen LogP contribution is 2.19. The van der Waals surface area contributed by atoms with Gasteiger partial charge in [0.2, 0.25) is 5.91 Å². The molecule has 8 nitrogen and oxygen atoms in total. The number of para-hydroxylation sites is 1. The van der Waals surface area contributed by atoms with Crippen LogP contribution < -0.4 is 0 Å². The van der Waals surface area contributed by atoms with Crippen molar-refractivity contribution in [2.45, 2.75) is 20.3 Å². The number of carbonyl (C=O) groups is 2. The van der Waals surface area contributed by atoms with Crippen LogP contribution >= 0.6 is 11.6 Å². The molecule has 0 N–H and O–H groups in total. The summed E-state index contributed by atoms with van der Waals surface area (Å²) in [6.45, 7) is 8.45. The first kappa shape index (κ1) is 21.3. The van der Waals surface area contributed by atoms with Gasteiger partial charge >= 0.3 is 0 Å². The Labute approximate surface area is 176 Å². The molecule has 1 fully saturated rings. The van der Waals surface area contributed by atoms with Gasteiger partial charge in [0.15, 0.2) is 5.69 Å². The molecule has 0 saturated carbocycles. The van der Waals surface area contributed by atoms with E-state index in [0.29, 0.717) is 36.9 Å². The predicted octanol–water partition coefficient (Wildman–Crippen LogP) is 1.94. The predicted molar refractivity (Wildman–Crippen MR) is 111 cm³/mol. The fraction of sp³-hybridized carbons (Fsp3) is 0.500. The SMILES string of the molecule is CCN(CC)C(=O)CN1CCCN(C(=O)c2cn(-c3ccccc3Cl)nn2)CC1. The average Bonchev–Trinajstić information content (AvgIpc) is 3.09. The number of benzene rings is 1. The molecule has 3 rings (SSSR count). The van der Waals surface area contributed by atoms with Crippen molar-refractivity contribution < 1.29 is 9.59 Å². The second-order valence-corrected chi connectivity index (χ2v) is 7.39. The Morgan fingerprint density at radius 2 is 1.86 bits per heavy atom. The summed E-state index contributed by atoms with van der Waals surface area (Å²) in [5.74, 6) is -0.0160. The molecule has 2 amide bonds. The highest BCUT2D eigenvalue weighted by Gasteiger charge is 2.24. The largest absolute Gasteiger partial charge is 0.342 e. The quantitative estimate of drug-likeness (QED) is 0.716. The Kier molecular flexibility index (Phi) is 7.22. The molecule has 0 radical (unpaired) electrons. The van der Waals surface area contributed by atoms with Gasteiger partial charge in [-0.15, -0.1) is 5.10 Å². The molecule has 0 aliphatic carbocycles. The number of hydrogen-bond donors (Lipinski definition) is 0. The summed E-state index contributed by atoms with van der Waals surface area (Å²) in [5, 5.41) is 8.64. The molecule has 1 saturated heterocycles. The van der Waals surface area contributed by atoms with E-state index in [1.807, 2.05) is 36.9 Å². The first-order chi connectivity index (χ1) is 14.0. The van der Waals surface area contributed by atoms with Crippen LogP contribution in [0.2, 0.25) is 5.02 Å². The fourth-order valence-corrected chi connectivity index (χ4v) is 3.70. The van der Waals surface area contributed by atoms with Gasteiger partial charge in [-0.2, -0.15) is 0 Å². The van der Waals surface area contributed by atoms with Crippen molar-refractivity contribution in [1.82, 2.24) is 29.7 Å². The lowest BCUT2D eigenvalue weighted by Crippen LogP contribution is -2.42. The van der Waals surface area contributed by atoms with Crippen LogP contribution in [0.4, 0.5) is 0 Å². The van der Waals surface area contributed by atoms with Gasteiger partial charge in [-0.3, -0.25) is 14.5 Å². The molecule has 1 aliphatic rings. The molecule has 2 heterocycles. The Morgan fingerprint density at radius 3 is 2.59 bits per heavy atom. The zero-order valence-corrected chi connectivity index (χ0v) is 17.7. The number of amides is 2. The molecular weight excluding hydrogens is 392 g/mol. The van der Waals surface area contributed by atoms with E-state index in [9.17, 15) is 9.59 Å². The van der Waals surface area contributed by atoms with E-state index >= 15 is 0 Å². The first-order valence-corrected chi connectivity index (χ1v) is 10.4. The summed E-state index contributed by atoms with van der Waals surface area (Å²) in [6.07, 6.45) is 2.42. The van der Waals surface area contributed by atoms with Crippen LogP contribution in [0.5, 0.6) is 0 Å². The maximum absolute atomic E-state index is 12.9. The van der Waals surface area contributed by atoms with Crippen molar-refractivity contribution in [2.24, 2.45) is 0 Å². The van der Waals surface area contributed by atoms with Crippen molar-refractivity contribution in [3.05, 3.63) is 41.2 Å². The lowest BCUT2D eigenvalue weighted by Gasteiger charge is -2.25. The Hall–Kier alpha value is -2.45. The topological polar surface area (TPSA) is 74.6 Å². The van der Waals surface area contributed by atoms with Crippen LogP contribution in [0.1, 0.15) is 30.8 Å². The van der Waals surface area contributed by atoms with Crippen LogP contribution in [0.3, 0.4) is 0 Å². The molecule has 1 aliphatic heterocycles. The fourth-order valence-electron chi connectivity index (χ4n) is 3.48. The lowest BCUT2D eigenvalue weighted by atomic mass is 10.3. The van der Waals surface area contributed by atoms with Gasteiger partial charge in [0.25, 0.3) is 5.91 Å². The molecule has 0 bridgehead atoms. The molecule has 0 unspecified atom stereocenters. The van der Waals surface area contributed by atoms with Crippen molar-refractivity contribution in [1.29, 1.82) is 0 Å². The minimum Gasteiger partial charge on any atom is -0.342 e. The minimum absolute atomic E-state index is 0.137. The second-order valence-electron chi connectivity index (χ2n) is 6.99. The number of halogens is 1. The smallest absolute Gasteiger partial charge is 0.276 e. The molecule has 9 heteroatoms. The van der Waals surface area contributed by atoms with Crippen molar-refractivity contribution in [3.63, 3.8) is 0 Å². The van der Waals surface area contributed by atoms with Crippen LogP contribution in [-0.4, -0.2) is 87.3 Å². The maximum Gasteiger partial charge on any atom is 0.276 e. The second kappa shape index (κ2) is 9.84. The van der Waals surface area contributed by atoms with E-state index in [2.05, 4.69) is 15.2 Å². The van der Waals surface area contributed by atoms with Crippen LogP contribution in [-0.2, 0) is 4.79 Å². The molecule has 29 heavy (non-hydrogen) atoms. The van der Waals surface area contributed by atoms with Crippen molar-refractivity contribution >= 4 is 23.4 Å². The summed E-state index contributed by atoms with van der Waals surface area (Å²) in [4.78, 5) is 31.0. The summed E-state index contributed by atoms with van der Waals surface area (Å²) >= 11 is 6.20. The Morgan fingerprint density at radius 1 is 1.10 bits per heavy atom. The summed E-state index contributed by atoms with van der Waals surface area (Å²) in [6, 6.07) is 7.28. The lowest BCUT2D eigenvalue weighted by molar-refractivity contribution is -0.132. The number of likely N-dealkylation sites (N-methyl/N-ethyl adjacent to an activating group) is 1. The third-order valence-corrected chi connectivity index (χ3v) is 5.48. The van der Waals surface area contributed by atoms with Gasteiger partial charge in [0.1, 0.15) is 0 Å². The van der Waals surface area contributed by atoms with E-state index < -0.39 is 0 Å². The Bertz CT molecular complexity index is 851. The third-order valence-electron chi connectivity index (χ3n) is 5.16. The number of nitrogens with zero attached hydrogens (tertiary/aromatic N) is 6. The van der Waals surface area contributed by atoms with Gasteiger partial charge in [-0.25, -0.2) is 4.68 Å². The standard InChI is InChI=1S/C20H27ClN6O2/c1-3-25(4-2)19(28)15-24-10-7-11-26(13-12-24)20(29)17-14-27(23-22-17)18-9-6-5-8-16(18)21/h5-6,8-9,14H,3-4,7,10-13,15H2,1-2H3. The van der Waals surface area contributed by atoms with Gasteiger partial charge in [-0.1, -0.05) is 28.9 Å². The highest BCUT2D eigenvalue weighted by molar-refractivity contribution is 6.32. The molecular formula is C20H27ClN6O2. The number of rotatable bonds is 6. The van der Waals surface area contributed by atoms with Crippen molar-refractivity contribution in [3.8, 4) is 5.69 Å². The highest BCUT2D eigenvalue weighted by atomic mass is 35.5. The van der Waals surface area contributed by atoms with Gasteiger partial charge in [0, 0.05) is 39.3 Å². The van der Waals surface area contributed by atoms with Crippen LogP contribution in [0, 0.1) is 0 Å². The molecule has 1 aromatic heterocycles. The monoisotopic (exact) mass is 418 g/mol. The van der Waals surface area contributed by atoms with E-state index in [1.165, 1.54) is 4.68 Å². The van der Waals surface area contributed by atoms with Gasteiger partial charge < -0.3 is 9.80 Å². The van der Waals surface area contributed by atoms with E-state index in [1.54, 1.807) is 17.2 Å². The zero-order chi connectivity index (χ0) is 20.8. The first-order valence-electron chi connectivity index (χ1n) is 10.00. The van der Waals surface area contributed by atoms with Crippen LogP contribution in [0.15, 0.2) is 30.5 Å². The minimum atomic E-state index is -0.153. The van der Waals surface area contributed by atoms with Gasteiger partial charge in [0.05, 0.1) is 23.5 Å². The van der Waals surface area contributed by atoms with Crippen molar-refractivity contribution in [2.75, 3.05) is 45.8 Å². The van der Waals surface area contributed by atoms with E-state index in [-0.39, 0.29) is 17.5 Å². The number of carbonyl (C=O) groups excluding carboxylic acids is 2. The normalized spacial score (nSPS) is 15.2. The molecule has 0 spiro atoms. The summed E-state index contributed by atoms with van der Waals surface area (Å²) in [7, 11) is 0. The van der Waals surface area contributed by atoms with E-state index in [0.717, 1.165) is 26.1 Å². The zero-order valence-electron chi connectivity index (χ0n) is 16.9. The summed E-state index contributed by atoms with van der Waals surface area (Å²) in [5.41, 5.74) is 0.968. The summed E-state index contributed by atoms with van der Waals surface area (Å²) < 4.78 is 1.52. The molecule has 2 aromatic rings. The average molecular weight is 419 g/mol.